The number of carbonyl (C=O) groups is 1. The second-order valence-electron chi connectivity index (χ2n) is 4.36. The zero-order valence-corrected chi connectivity index (χ0v) is 9.82. The van der Waals surface area contributed by atoms with E-state index < -0.39 is 0 Å². The van der Waals surface area contributed by atoms with Gasteiger partial charge < -0.3 is 5.32 Å². The Morgan fingerprint density at radius 3 is 2.76 bits per heavy atom. The van der Waals surface area contributed by atoms with Crippen LogP contribution in [0, 0.1) is 11.7 Å². The number of Topliss-reactive ketones (excluding diaryl/α,β-unsaturated/α-hetero) is 1. The van der Waals surface area contributed by atoms with Crippen molar-refractivity contribution in [2.24, 2.45) is 5.92 Å². The van der Waals surface area contributed by atoms with Crippen LogP contribution in [0.15, 0.2) is 36.4 Å². The maximum Gasteiger partial charge on any atom is 0.171 e. The Morgan fingerprint density at radius 1 is 1.35 bits per heavy atom. The Morgan fingerprint density at radius 2 is 2.06 bits per heavy atom. The molecule has 0 spiro atoms. The van der Waals surface area contributed by atoms with Crippen molar-refractivity contribution in [1.29, 1.82) is 0 Å². The van der Waals surface area contributed by atoms with Crippen molar-refractivity contribution < 1.29 is 9.18 Å². The lowest BCUT2D eigenvalue weighted by Gasteiger charge is -2.19. The highest BCUT2D eigenvalue weighted by Gasteiger charge is 2.24. The molecule has 90 valence electrons. The topological polar surface area (TPSA) is 29.1 Å². The molecule has 0 saturated carbocycles. The Labute approximate surface area is 101 Å². The minimum absolute atomic E-state index is 0.0446. The first-order valence-electron chi connectivity index (χ1n) is 5.88. The van der Waals surface area contributed by atoms with Crippen molar-refractivity contribution in [3.8, 4) is 0 Å². The normalized spacial score (nSPS) is 24.4. The van der Waals surface area contributed by atoms with Crippen LogP contribution in [-0.2, 0) is 0 Å². The highest BCUT2D eigenvalue weighted by molar-refractivity contribution is 5.99. The lowest BCUT2D eigenvalue weighted by atomic mass is 9.91. The fraction of sp³-hybridized carbons (Fsp3) is 0.357. The first kappa shape index (κ1) is 12.0. The van der Waals surface area contributed by atoms with Gasteiger partial charge in [0.15, 0.2) is 5.78 Å². The predicted molar refractivity (Wildman–Crippen MR) is 65.4 cm³/mol. The van der Waals surface area contributed by atoms with Crippen LogP contribution in [0.5, 0.6) is 0 Å². The minimum Gasteiger partial charge on any atom is -0.313 e. The molecule has 1 N–H and O–H groups in total. The van der Waals surface area contributed by atoms with E-state index in [2.05, 4.69) is 5.32 Å². The summed E-state index contributed by atoms with van der Waals surface area (Å²) < 4.78 is 12.8. The van der Waals surface area contributed by atoms with Gasteiger partial charge in [0.1, 0.15) is 5.82 Å². The van der Waals surface area contributed by atoms with Gasteiger partial charge in [-0.05, 0) is 44.2 Å². The second kappa shape index (κ2) is 5.23. The summed E-state index contributed by atoms with van der Waals surface area (Å²) >= 11 is 0. The Hall–Kier alpha value is -1.48. The third-order valence-corrected chi connectivity index (χ3v) is 3.09. The molecule has 2 atom stereocenters. The third-order valence-electron chi connectivity index (χ3n) is 3.09. The number of ketones is 1. The maximum absolute atomic E-state index is 12.8. The molecule has 1 aliphatic rings. The molecule has 1 heterocycles. The summed E-state index contributed by atoms with van der Waals surface area (Å²) in [6.07, 6.45) is 4.93. The lowest BCUT2D eigenvalue weighted by molar-refractivity contribution is 0.0927. The molecule has 1 aromatic carbocycles. The average molecular weight is 233 g/mol. The lowest BCUT2D eigenvalue weighted by Crippen LogP contribution is -2.36. The maximum atomic E-state index is 12.8. The number of hydrogen-bond acceptors (Lipinski definition) is 2. The molecule has 2 unspecified atom stereocenters. The summed E-state index contributed by atoms with van der Waals surface area (Å²) in [5.41, 5.74) is 0.566. The molecule has 3 heteroatoms. The Balaban J connectivity index is 2.20. The van der Waals surface area contributed by atoms with Crippen LogP contribution in [0.25, 0.3) is 0 Å². The van der Waals surface area contributed by atoms with E-state index in [1.165, 1.54) is 12.1 Å². The standard InChI is InChI=1S/C14H16FNO/c1-10-13(4-2-3-9-16-10)14(17)11-5-7-12(15)8-6-11/h2,4-8,10,13,16H,3,9H2,1H3. The van der Waals surface area contributed by atoms with Crippen molar-refractivity contribution in [2.45, 2.75) is 19.4 Å². The molecule has 1 aliphatic heterocycles. The second-order valence-corrected chi connectivity index (χ2v) is 4.36. The quantitative estimate of drug-likeness (QED) is 0.628. The zero-order valence-electron chi connectivity index (χ0n) is 9.82. The number of rotatable bonds is 2. The van der Waals surface area contributed by atoms with Gasteiger partial charge in [0.2, 0.25) is 0 Å². The summed E-state index contributed by atoms with van der Waals surface area (Å²) in [5.74, 6) is -0.435. The van der Waals surface area contributed by atoms with Gasteiger partial charge in [-0.3, -0.25) is 4.79 Å². The minimum atomic E-state index is -0.316. The van der Waals surface area contributed by atoms with Crippen molar-refractivity contribution in [3.63, 3.8) is 0 Å². The third kappa shape index (κ3) is 2.80. The van der Waals surface area contributed by atoms with Crippen molar-refractivity contribution in [1.82, 2.24) is 5.32 Å². The summed E-state index contributed by atoms with van der Waals surface area (Å²) in [4.78, 5) is 12.3. The van der Waals surface area contributed by atoms with E-state index in [0.717, 1.165) is 13.0 Å². The highest BCUT2D eigenvalue weighted by atomic mass is 19.1. The van der Waals surface area contributed by atoms with Crippen molar-refractivity contribution in [2.75, 3.05) is 6.54 Å². The van der Waals surface area contributed by atoms with Crippen LogP contribution in [0.4, 0.5) is 4.39 Å². The Kier molecular flexibility index (Phi) is 3.69. The zero-order chi connectivity index (χ0) is 12.3. The molecule has 0 bridgehead atoms. The SMILES string of the molecule is CC1NCCC=CC1C(=O)c1ccc(F)cc1. The van der Waals surface area contributed by atoms with Crippen LogP contribution in [0.3, 0.4) is 0 Å². The smallest absolute Gasteiger partial charge is 0.171 e. The predicted octanol–water partition coefficient (Wildman–Crippen LogP) is 2.56. The van der Waals surface area contributed by atoms with Crippen LogP contribution in [-0.4, -0.2) is 18.4 Å². The van der Waals surface area contributed by atoms with Gasteiger partial charge in [-0.2, -0.15) is 0 Å². The van der Waals surface area contributed by atoms with Gasteiger partial charge in [-0.15, -0.1) is 0 Å². The van der Waals surface area contributed by atoms with E-state index in [-0.39, 0.29) is 23.6 Å². The molecule has 2 rings (SSSR count). The summed E-state index contributed by atoms with van der Waals surface area (Å²) in [6, 6.07) is 5.86. The highest BCUT2D eigenvalue weighted by Crippen LogP contribution is 2.17. The first-order valence-corrected chi connectivity index (χ1v) is 5.88. The van der Waals surface area contributed by atoms with Gasteiger partial charge in [0.05, 0.1) is 5.92 Å². The monoisotopic (exact) mass is 233 g/mol. The first-order chi connectivity index (χ1) is 8.18. The van der Waals surface area contributed by atoms with Gasteiger partial charge in [-0.1, -0.05) is 12.2 Å². The van der Waals surface area contributed by atoms with Crippen molar-refractivity contribution in [3.05, 3.63) is 47.8 Å². The summed E-state index contributed by atoms with van der Waals surface area (Å²) in [6.45, 7) is 2.90. The van der Waals surface area contributed by atoms with Gasteiger partial charge >= 0.3 is 0 Å². The average Bonchev–Trinajstić information content (AvgIpc) is 2.54. The molecule has 0 radical (unpaired) electrons. The molecule has 17 heavy (non-hydrogen) atoms. The van der Waals surface area contributed by atoms with Gasteiger partial charge in [0, 0.05) is 11.6 Å². The number of hydrogen-bond donors (Lipinski definition) is 1. The van der Waals surface area contributed by atoms with Crippen LogP contribution < -0.4 is 5.32 Å². The largest absolute Gasteiger partial charge is 0.313 e. The summed E-state index contributed by atoms with van der Waals surface area (Å²) in [7, 11) is 0. The van der Waals surface area contributed by atoms with Crippen LogP contribution in [0.2, 0.25) is 0 Å². The van der Waals surface area contributed by atoms with E-state index in [1.54, 1.807) is 12.1 Å². The Bertz CT molecular complexity index is 424. The van der Waals surface area contributed by atoms with Crippen LogP contribution in [0.1, 0.15) is 23.7 Å². The van der Waals surface area contributed by atoms with E-state index in [9.17, 15) is 9.18 Å². The number of nitrogens with one attached hydrogen (secondary N) is 1. The molecular formula is C14H16FNO. The molecule has 0 aliphatic carbocycles. The van der Waals surface area contributed by atoms with E-state index >= 15 is 0 Å². The molecule has 0 aromatic heterocycles. The molecule has 1 aromatic rings. The molecule has 2 nitrogen and oxygen atoms in total. The molecule has 0 saturated heterocycles. The molecular weight excluding hydrogens is 217 g/mol. The number of benzene rings is 1. The van der Waals surface area contributed by atoms with Crippen molar-refractivity contribution >= 4 is 5.78 Å². The molecule has 0 fully saturated rings. The van der Waals surface area contributed by atoms with E-state index in [0.29, 0.717) is 5.56 Å². The van der Waals surface area contributed by atoms with Gasteiger partial charge in [-0.25, -0.2) is 4.39 Å². The van der Waals surface area contributed by atoms with Crippen LogP contribution >= 0.6 is 0 Å². The fourth-order valence-corrected chi connectivity index (χ4v) is 2.05. The van der Waals surface area contributed by atoms with E-state index in [1.807, 2.05) is 19.1 Å². The molecule has 0 amide bonds. The fourth-order valence-electron chi connectivity index (χ4n) is 2.05. The van der Waals surface area contributed by atoms with E-state index in [4.69, 9.17) is 0 Å². The van der Waals surface area contributed by atoms with Gasteiger partial charge in [0.25, 0.3) is 0 Å². The number of carbonyl (C=O) groups excluding carboxylic acids is 1. The summed E-state index contributed by atoms with van der Waals surface area (Å²) in [5, 5.41) is 3.30. The number of halogens is 1.